The van der Waals surface area contributed by atoms with Crippen molar-refractivity contribution in [2.75, 3.05) is 6.61 Å². The fourth-order valence-corrected chi connectivity index (χ4v) is 1.67. The van der Waals surface area contributed by atoms with E-state index in [2.05, 4.69) is 4.74 Å². The molecular weight excluding hydrogens is 268 g/mol. The van der Waals surface area contributed by atoms with Crippen molar-refractivity contribution in [1.29, 1.82) is 0 Å². The predicted molar refractivity (Wildman–Crippen MR) is 68.4 cm³/mol. The molecule has 0 amide bonds. The van der Waals surface area contributed by atoms with Gasteiger partial charge in [0, 0.05) is 0 Å². The molecule has 5 atom stereocenters. The first kappa shape index (κ1) is 17.0. The Morgan fingerprint density at radius 1 is 0.850 bits per heavy atom. The van der Waals surface area contributed by atoms with Crippen LogP contribution in [0.4, 0.5) is 0 Å². The van der Waals surface area contributed by atoms with Crippen LogP contribution >= 0.6 is 0 Å². The molecule has 114 valence electrons. The van der Waals surface area contributed by atoms with Gasteiger partial charge >= 0.3 is 0 Å². The van der Waals surface area contributed by atoms with E-state index < -0.39 is 37.3 Å². The summed E-state index contributed by atoms with van der Waals surface area (Å²) < 4.78 is 4.58. The topological polar surface area (TPSA) is 131 Å². The molecule has 7 heteroatoms. The van der Waals surface area contributed by atoms with Gasteiger partial charge in [0.05, 0.1) is 13.2 Å². The molecule has 0 aliphatic carbocycles. The highest BCUT2D eigenvalue weighted by Gasteiger charge is 2.42. The van der Waals surface area contributed by atoms with Crippen LogP contribution in [0.2, 0.25) is 0 Å². The summed E-state index contributed by atoms with van der Waals surface area (Å²) in [6.07, 6.45) is -7.04. The number of hydrogen-bond donors (Lipinski definition) is 6. The molecule has 1 aromatic rings. The minimum absolute atomic E-state index is 0.140. The van der Waals surface area contributed by atoms with Gasteiger partial charge in [0.1, 0.15) is 24.4 Å². The molecule has 1 heterocycles. The lowest BCUT2D eigenvalue weighted by Gasteiger charge is -2.37. The summed E-state index contributed by atoms with van der Waals surface area (Å²) in [6, 6.07) is 9.52. The molecule has 1 aliphatic heterocycles. The third-order valence-corrected chi connectivity index (χ3v) is 2.89. The van der Waals surface area contributed by atoms with Crippen molar-refractivity contribution in [3.05, 3.63) is 35.9 Å². The van der Waals surface area contributed by atoms with E-state index in [-0.39, 0.29) is 6.61 Å². The third-order valence-electron chi connectivity index (χ3n) is 2.89. The van der Waals surface area contributed by atoms with E-state index in [0.717, 1.165) is 5.56 Å². The predicted octanol–water partition coefficient (Wildman–Crippen LogP) is -2.04. The number of rotatable bonds is 2. The highest BCUT2D eigenvalue weighted by Crippen LogP contribution is 2.18. The molecule has 1 fully saturated rings. The highest BCUT2D eigenvalue weighted by molar-refractivity contribution is 5.12. The Labute approximate surface area is 116 Å². The van der Waals surface area contributed by atoms with E-state index in [4.69, 9.17) is 30.6 Å². The summed E-state index contributed by atoms with van der Waals surface area (Å²) in [4.78, 5) is 0. The Bertz CT molecular complexity index is 367. The molecule has 0 unspecified atom stereocenters. The van der Waals surface area contributed by atoms with Gasteiger partial charge in [-0.05, 0) is 5.56 Å². The van der Waals surface area contributed by atoms with Gasteiger partial charge in [0.25, 0.3) is 0 Å². The van der Waals surface area contributed by atoms with Gasteiger partial charge in [-0.15, -0.1) is 0 Å². The van der Waals surface area contributed by atoms with Crippen molar-refractivity contribution in [2.24, 2.45) is 0 Å². The second-order valence-electron chi connectivity index (χ2n) is 4.36. The van der Waals surface area contributed by atoms with Crippen molar-refractivity contribution in [3.8, 4) is 0 Å². The van der Waals surface area contributed by atoms with Gasteiger partial charge < -0.3 is 35.4 Å². The lowest BCUT2D eigenvalue weighted by Crippen LogP contribution is -2.58. The fourth-order valence-electron chi connectivity index (χ4n) is 1.67. The molecule has 1 saturated heterocycles. The van der Waals surface area contributed by atoms with Crippen molar-refractivity contribution in [3.63, 3.8) is 0 Å². The highest BCUT2D eigenvalue weighted by atomic mass is 16.6. The average molecular weight is 288 g/mol. The zero-order valence-corrected chi connectivity index (χ0v) is 10.8. The zero-order valence-electron chi connectivity index (χ0n) is 10.8. The van der Waals surface area contributed by atoms with Crippen LogP contribution in [0, 0.1) is 0 Å². The Kier molecular flexibility index (Phi) is 7.03. The Balaban J connectivity index is 0.000000217. The number of benzene rings is 1. The minimum Gasteiger partial charge on any atom is -0.394 e. The second kappa shape index (κ2) is 8.28. The van der Waals surface area contributed by atoms with Crippen LogP contribution in [0.25, 0.3) is 0 Å². The monoisotopic (exact) mass is 288 g/mol. The molecule has 6 N–H and O–H groups in total. The minimum atomic E-state index is -1.57. The van der Waals surface area contributed by atoms with E-state index >= 15 is 0 Å². The summed E-state index contributed by atoms with van der Waals surface area (Å²) >= 11 is 0. The van der Waals surface area contributed by atoms with E-state index in [9.17, 15) is 0 Å². The summed E-state index contributed by atoms with van der Waals surface area (Å²) in [5.41, 5.74) is 0.965. The second-order valence-corrected chi connectivity index (χ2v) is 4.36. The first-order valence-corrected chi connectivity index (χ1v) is 6.14. The van der Waals surface area contributed by atoms with E-state index in [1.54, 1.807) is 0 Å². The van der Waals surface area contributed by atoms with Crippen LogP contribution in [-0.4, -0.2) is 68.0 Å². The summed E-state index contributed by atoms with van der Waals surface area (Å²) in [5.74, 6) is 0. The SMILES string of the molecule is OC[C@H]1O[C@@H](O)[C@H](O)[C@@H](O)[C@@H]1O.OCc1ccccc1. The zero-order chi connectivity index (χ0) is 15.1. The number of aliphatic hydroxyl groups is 6. The number of hydrogen-bond acceptors (Lipinski definition) is 7. The summed E-state index contributed by atoms with van der Waals surface area (Å²) in [7, 11) is 0. The van der Waals surface area contributed by atoms with Gasteiger partial charge in [0.2, 0.25) is 0 Å². The van der Waals surface area contributed by atoms with Gasteiger partial charge in [-0.1, -0.05) is 30.3 Å². The lowest BCUT2D eigenvalue weighted by atomic mass is 10.00. The molecule has 0 aromatic heterocycles. The van der Waals surface area contributed by atoms with Crippen LogP contribution in [-0.2, 0) is 11.3 Å². The van der Waals surface area contributed by atoms with Gasteiger partial charge in [-0.3, -0.25) is 0 Å². The molecule has 7 nitrogen and oxygen atoms in total. The van der Waals surface area contributed by atoms with Crippen molar-refractivity contribution in [2.45, 2.75) is 37.3 Å². The molecular formula is C13H20O7. The van der Waals surface area contributed by atoms with Crippen LogP contribution in [0.5, 0.6) is 0 Å². The average Bonchev–Trinajstić information content (AvgIpc) is 2.50. The Hall–Kier alpha value is -1.06. The first-order valence-electron chi connectivity index (χ1n) is 6.14. The summed E-state index contributed by atoms with van der Waals surface area (Å²) in [6.45, 7) is -0.386. The van der Waals surface area contributed by atoms with Crippen molar-refractivity contribution >= 4 is 0 Å². The van der Waals surface area contributed by atoms with Crippen LogP contribution in [0.1, 0.15) is 5.56 Å². The first-order chi connectivity index (χ1) is 9.51. The van der Waals surface area contributed by atoms with Gasteiger partial charge in [0.15, 0.2) is 6.29 Å². The fraction of sp³-hybridized carbons (Fsp3) is 0.538. The Morgan fingerprint density at radius 2 is 1.45 bits per heavy atom. The van der Waals surface area contributed by atoms with E-state index in [1.165, 1.54) is 0 Å². The normalized spacial score (nSPS) is 33.2. The molecule has 2 rings (SSSR count). The molecule has 20 heavy (non-hydrogen) atoms. The number of aliphatic hydroxyl groups excluding tert-OH is 6. The van der Waals surface area contributed by atoms with E-state index in [1.807, 2.05) is 30.3 Å². The smallest absolute Gasteiger partial charge is 0.184 e. The van der Waals surface area contributed by atoms with Gasteiger partial charge in [-0.25, -0.2) is 0 Å². The third kappa shape index (κ3) is 4.50. The lowest BCUT2D eigenvalue weighted by molar-refractivity contribution is -0.286. The largest absolute Gasteiger partial charge is 0.394 e. The number of ether oxygens (including phenoxy) is 1. The Morgan fingerprint density at radius 3 is 1.90 bits per heavy atom. The maximum absolute atomic E-state index is 9.12. The quantitative estimate of drug-likeness (QED) is 0.369. The molecule has 0 radical (unpaired) electrons. The summed E-state index contributed by atoms with van der Waals surface area (Å²) in [5, 5.41) is 53.2. The maximum Gasteiger partial charge on any atom is 0.184 e. The van der Waals surface area contributed by atoms with Crippen molar-refractivity contribution < 1.29 is 35.4 Å². The van der Waals surface area contributed by atoms with Gasteiger partial charge in [-0.2, -0.15) is 0 Å². The molecule has 1 aromatic carbocycles. The maximum atomic E-state index is 9.12. The van der Waals surface area contributed by atoms with Crippen LogP contribution in [0.3, 0.4) is 0 Å². The molecule has 0 bridgehead atoms. The van der Waals surface area contributed by atoms with Crippen LogP contribution in [0.15, 0.2) is 30.3 Å². The van der Waals surface area contributed by atoms with E-state index in [0.29, 0.717) is 0 Å². The molecule has 0 spiro atoms. The van der Waals surface area contributed by atoms with Crippen molar-refractivity contribution in [1.82, 2.24) is 0 Å². The molecule has 1 aliphatic rings. The standard InChI is InChI=1S/C7H8O.C6H12O6/c8-6-7-4-2-1-3-5-7;7-1-2-3(8)4(9)5(10)6(11)12-2/h1-5,8H,6H2;2-11H,1H2/t;2-,3-,4+,5-,6-/m.1/s1. The van der Waals surface area contributed by atoms with Crippen LogP contribution < -0.4 is 0 Å². The molecule has 0 saturated carbocycles.